The average molecular weight is 329 g/mol. The molecule has 5 heteroatoms. The Kier molecular flexibility index (Phi) is 4.93. The molecule has 0 unspecified atom stereocenters. The molecule has 1 aromatic rings. The molecule has 1 aliphatic heterocycles. The van der Waals surface area contributed by atoms with Crippen molar-refractivity contribution in [3.8, 4) is 0 Å². The molecule has 1 fully saturated rings. The van der Waals surface area contributed by atoms with E-state index in [9.17, 15) is 9.18 Å². The number of hydrogen-bond donors (Lipinski definition) is 1. The van der Waals surface area contributed by atoms with Crippen LogP contribution in [0.2, 0.25) is 0 Å². The Bertz CT molecular complexity index is 467. The minimum Gasteiger partial charge on any atom is -0.342 e. The Balaban J connectivity index is 1.92. The normalized spacial score (nSPS) is 18.9. The molecule has 1 saturated heterocycles. The summed E-state index contributed by atoms with van der Waals surface area (Å²) in [6.07, 6.45) is 1.39. The van der Waals surface area contributed by atoms with Crippen LogP contribution < -0.4 is 5.32 Å². The van der Waals surface area contributed by atoms with Crippen LogP contribution in [-0.4, -0.2) is 37.5 Å². The molecule has 2 rings (SSSR count). The number of nitrogens with zero attached hydrogens (tertiary/aromatic N) is 1. The first-order valence-electron chi connectivity index (χ1n) is 6.46. The largest absolute Gasteiger partial charge is 0.342 e. The van der Waals surface area contributed by atoms with Crippen molar-refractivity contribution in [2.45, 2.75) is 12.8 Å². The zero-order chi connectivity index (χ0) is 13.8. The van der Waals surface area contributed by atoms with Crippen LogP contribution in [0, 0.1) is 11.7 Å². The first kappa shape index (κ1) is 14.5. The maximum Gasteiger partial charge on any atom is 0.227 e. The quantitative estimate of drug-likeness (QED) is 0.919. The lowest BCUT2D eigenvalue weighted by Gasteiger charge is -2.16. The number of likely N-dealkylation sites (tertiary alicyclic amines) is 1. The van der Waals surface area contributed by atoms with Gasteiger partial charge in [-0.1, -0.05) is 6.07 Å². The molecule has 0 radical (unpaired) electrons. The van der Waals surface area contributed by atoms with E-state index in [-0.39, 0.29) is 11.7 Å². The first-order valence-corrected chi connectivity index (χ1v) is 7.25. The number of benzene rings is 1. The summed E-state index contributed by atoms with van der Waals surface area (Å²) in [5.74, 6) is 0.373. The second kappa shape index (κ2) is 6.48. The molecule has 0 saturated carbocycles. The molecule has 1 N–H and O–H groups in total. The molecule has 1 atom stereocenters. The van der Waals surface area contributed by atoms with Crippen LogP contribution in [0.5, 0.6) is 0 Å². The Morgan fingerprint density at radius 1 is 1.58 bits per heavy atom. The van der Waals surface area contributed by atoms with Crippen molar-refractivity contribution in [1.82, 2.24) is 10.2 Å². The minimum atomic E-state index is -0.300. The summed E-state index contributed by atoms with van der Waals surface area (Å²) in [7, 11) is 1.93. The molecule has 1 aromatic carbocycles. The number of nitrogens with one attached hydrogen (secondary N) is 1. The Morgan fingerprint density at radius 2 is 2.37 bits per heavy atom. The predicted octanol–water partition coefficient (Wildman–Crippen LogP) is 2.20. The molecule has 3 nitrogen and oxygen atoms in total. The fourth-order valence-corrected chi connectivity index (χ4v) is 2.88. The van der Waals surface area contributed by atoms with Gasteiger partial charge in [-0.25, -0.2) is 4.39 Å². The minimum absolute atomic E-state index is 0.122. The predicted molar refractivity (Wildman–Crippen MR) is 76.4 cm³/mol. The van der Waals surface area contributed by atoms with Crippen LogP contribution in [-0.2, 0) is 11.2 Å². The van der Waals surface area contributed by atoms with Gasteiger partial charge < -0.3 is 10.2 Å². The number of halogens is 2. The molecule has 19 heavy (non-hydrogen) atoms. The summed E-state index contributed by atoms with van der Waals surface area (Å²) < 4.78 is 13.5. The summed E-state index contributed by atoms with van der Waals surface area (Å²) in [5.41, 5.74) is 0.843. The van der Waals surface area contributed by atoms with E-state index in [2.05, 4.69) is 21.2 Å². The van der Waals surface area contributed by atoms with Crippen molar-refractivity contribution in [3.05, 3.63) is 34.1 Å². The molecule has 1 heterocycles. The monoisotopic (exact) mass is 328 g/mol. The van der Waals surface area contributed by atoms with Gasteiger partial charge in [0, 0.05) is 13.1 Å². The van der Waals surface area contributed by atoms with Crippen LogP contribution in [0.25, 0.3) is 0 Å². The molecular formula is C14H18BrFN2O. The first-order chi connectivity index (χ1) is 9.10. The third-order valence-electron chi connectivity index (χ3n) is 3.47. The van der Waals surface area contributed by atoms with Gasteiger partial charge in [0.1, 0.15) is 5.82 Å². The number of carbonyl (C=O) groups is 1. The van der Waals surface area contributed by atoms with E-state index in [1.165, 1.54) is 6.07 Å². The number of rotatable bonds is 4. The Hall–Kier alpha value is -0.940. The molecule has 104 valence electrons. The summed E-state index contributed by atoms with van der Waals surface area (Å²) >= 11 is 3.14. The van der Waals surface area contributed by atoms with E-state index in [4.69, 9.17) is 0 Å². The topological polar surface area (TPSA) is 32.3 Å². The van der Waals surface area contributed by atoms with Gasteiger partial charge in [0.2, 0.25) is 5.91 Å². The highest BCUT2D eigenvalue weighted by atomic mass is 79.9. The third kappa shape index (κ3) is 3.76. The molecule has 0 aliphatic carbocycles. The molecule has 1 aliphatic rings. The lowest BCUT2D eigenvalue weighted by atomic mass is 10.1. The fraction of sp³-hybridized carbons (Fsp3) is 0.500. The summed E-state index contributed by atoms with van der Waals surface area (Å²) in [6.45, 7) is 2.60. The van der Waals surface area contributed by atoms with Gasteiger partial charge in [-0.2, -0.15) is 0 Å². The zero-order valence-corrected chi connectivity index (χ0v) is 12.5. The lowest BCUT2D eigenvalue weighted by molar-refractivity contribution is -0.129. The van der Waals surface area contributed by atoms with Crippen LogP contribution in [0.4, 0.5) is 4.39 Å². The maximum absolute atomic E-state index is 13.1. The Labute approximate surface area is 121 Å². The molecule has 0 aromatic heterocycles. The van der Waals surface area contributed by atoms with E-state index in [0.29, 0.717) is 16.8 Å². The van der Waals surface area contributed by atoms with Crippen LogP contribution in [0.3, 0.4) is 0 Å². The van der Waals surface area contributed by atoms with Crippen molar-refractivity contribution in [1.29, 1.82) is 0 Å². The van der Waals surface area contributed by atoms with Gasteiger partial charge in [0.05, 0.1) is 10.9 Å². The number of carbonyl (C=O) groups excluding carboxylic acids is 1. The highest BCUT2D eigenvalue weighted by Gasteiger charge is 2.25. The van der Waals surface area contributed by atoms with Gasteiger partial charge in [0.15, 0.2) is 0 Å². The standard InChI is InChI=1S/C14H18BrFN2O/c1-17-8-11-4-5-18(9-11)14(19)7-10-2-3-13(16)12(15)6-10/h2-3,6,11,17H,4-5,7-9H2,1H3/t11-/m1/s1. The van der Waals surface area contributed by atoms with Gasteiger partial charge in [-0.3, -0.25) is 4.79 Å². The number of amides is 1. The van der Waals surface area contributed by atoms with Crippen molar-refractivity contribution >= 4 is 21.8 Å². The average Bonchev–Trinajstić information content (AvgIpc) is 2.83. The second-order valence-corrected chi connectivity index (χ2v) is 5.83. The summed E-state index contributed by atoms with van der Waals surface area (Å²) in [4.78, 5) is 14.1. The zero-order valence-electron chi connectivity index (χ0n) is 11.0. The summed E-state index contributed by atoms with van der Waals surface area (Å²) in [6, 6.07) is 4.73. The van der Waals surface area contributed by atoms with Crippen LogP contribution in [0.1, 0.15) is 12.0 Å². The summed E-state index contributed by atoms with van der Waals surface area (Å²) in [5, 5.41) is 3.15. The van der Waals surface area contributed by atoms with E-state index in [1.807, 2.05) is 11.9 Å². The molecule has 0 bridgehead atoms. The third-order valence-corrected chi connectivity index (χ3v) is 4.08. The van der Waals surface area contributed by atoms with Gasteiger partial charge in [-0.15, -0.1) is 0 Å². The SMILES string of the molecule is CNC[C@H]1CCN(C(=O)Cc2ccc(F)c(Br)c2)C1. The van der Waals surface area contributed by atoms with Gasteiger partial charge >= 0.3 is 0 Å². The van der Waals surface area contributed by atoms with Crippen LogP contribution >= 0.6 is 15.9 Å². The molecular weight excluding hydrogens is 311 g/mol. The lowest BCUT2D eigenvalue weighted by Crippen LogP contribution is -2.31. The smallest absolute Gasteiger partial charge is 0.227 e. The second-order valence-electron chi connectivity index (χ2n) is 4.98. The fourth-order valence-electron chi connectivity index (χ4n) is 2.45. The van der Waals surface area contributed by atoms with Gasteiger partial charge in [-0.05, 0) is 59.6 Å². The number of hydrogen-bond acceptors (Lipinski definition) is 2. The van der Waals surface area contributed by atoms with Crippen molar-refractivity contribution < 1.29 is 9.18 Å². The highest BCUT2D eigenvalue weighted by molar-refractivity contribution is 9.10. The van der Waals surface area contributed by atoms with Crippen molar-refractivity contribution in [2.75, 3.05) is 26.7 Å². The Morgan fingerprint density at radius 3 is 3.05 bits per heavy atom. The van der Waals surface area contributed by atoms with E-state index in [1.54, 1.807) is 12.1 Å². The van der Waals surface area contributed by atoms with E-state index in [0.717, 1.165) is 31.6 Å². The van der Waals surface area contributed by atoms with Crippen molar-refractivity contribution in [3.63, 3.8) is 0 Å². The van der Waals surface area contributed by atoms with Crippen molar-refractivity contribution in [2.24, 2.45) is 5.92 Å². The maximum atomic E-state index is 13.1. The van der Waals surface area contributed by atoms with Gasteiger partial charge in [0.25, 0.3) is 0 Å². The highest BCUT2D eigenvalue weighted by Crippen LogP contribution is 2.20. The molecule has 1 amide bonds. The molecule has 0 spiro atoms. The van der Waals surface area contributed by atoms with Crippen LogP contribution in [0.15, 0.2) is 22.7 Å². The van der Waals surface area contributed by atoms with E-state index < -0.39 is 0 Å². The van der Waals surface area contributed by atoms with E-state index >= 15 is 0 Å².